The first kappa shape index (κ1) is 16.4. The van der Waals surface area contributed by atoms with Crippen LogP contribution in [0.4, 0.5) is 11.5 Å². The normalized spacial score (nSPS) is 17.3. The number of hydrogen-bond donors (Lipinski definition) is 1. The smallest absolute Gasteiger partial charge is 0.230 e. The maximum atomic E-state index is 12.6. The first-order valence-corrected chi connectivity index (χ1v) is 8.63. The Morgan fingerprint density at radius 1 is 1.35 bits per heavy atom. The molecule has 1 amide bonds. The zero-order valence-electron chi connectivity index (χ0n) is 14.5. The molecule has 1 atom stereocenters. The van der Waals surface area contributed by atoms with E-state index in [9.17, 15) is 4.79 Å². The fraction of sp³-hybridized carbons (Fsp3) is 0.316. The van der Waals surface area contributed by atoms with Gasteiger partial charge >= 0.3 is 0 Å². The summed E-state index contributed by atoms with van der Waals surface area (Å²) in [6, 6.07) is 9.50. The quantitative estimate of drug-likeness (QED) is 0.777. The third-order valence-electron chi connectivity index (χ3n) is 4.75. The van der Waals surface area contributed by atoms with Crippen LogP contribution in [0.3, 0.4) is 0 Å². The second-order valence-electron chi connectivity index (χ2n) is 6.37. The van der Waals surface area contributed by atoms with E-state index in [1.165, 1.54) is 6.26 Å². The maximum Gasteiger partial charge on any atom is 0.230 e. The molecule has 26 heavy (non-hydrogen) atoms. The first-order valence-electron chi connectivity index (χ1n) is 8.63. The van der Waals surface area contributed by atoms with Crippen LogP contribution in [0.15, 0.2) is 47.3 Å². The van der Waals surface area contributed by atoms with E-state index in [4.69, 9.17) is 9.26 Å². The van der Waals surface area contributed by atoms with E-state index in [-0.39, 0.29) is 11.8 Å². The summed E-state index contributed by atoms with van der Waals surface area (Å²) in [6.45, 7) is 1.56. The minimum atomic E-state index is -0.103. The van der Waals surface area contributed by atoms with E-state index < -0.39 is 0 Å². The molecule has 1 fully saturated rings. The van der Waals surface area contributed by atoms with Crippen LogP contribution in [0.25, 0.3) is 10.9 Å². The van der Waals surface area contributed by atoms with Gasteiger partial charge in [0.1, 0.15) is 12.0 Å². The average molecular weight is 352 g/mol. The summed E-state index contributed by atoms with van der Waals surface area (Å²) in [5.41, 5.74) is 1.99. The van der Waals surface area contributed by atoms with E-state index in [0.29, 0.717) is 12.4 Å². The van der Waals surface area contributed by atoms with E-state index in [0.717, 1.165) is 41.7 Å². The number of hydrogen-bond acceptors (Lipinski definition) is 6. The molecule has 1 saturated heterocycles. The zero-order chi connectivity index (χ0) is 17.9. The van der Waals surface area contributed by atoms with Crippen molar-refractivity contribution in [3.05, 3.63) is 42.8 Å². The molecule has 7 nitrogen and oxygen atoms in total. The number of aromatic nitrogens is 2. The lowest BCUT2D eigenvalue weighted by atomic mass is 9.96. The summed E-state index contributed by atoms with van der Waals surface area (Å²) in [7, 11) is 1.66. The van der Waals surface area contributed by atoms with Gasteiger partial charge in [-0.2, -0.15) is 0 Å². The van der Waals surface area contributed by atoms with Gasteiger partial charge in [0.25, 0.3) is 0 Å². The van der Waals surface area contributed by atoms with Crippen molar-refractivity contribution >= 4 is 28.3 Å². The monoisotopic (exact) mass is 352 g/mol. The van der Waals surface area contributed by atoms with E-state index in [1.54, 1.807) is 13.2 Å². The SMILES string of the molecule is COc1ccc2nccc(N3CCCC(C(=O)Nc4ccon4)C3)c2c1. The Balaban J connectivity index is 1.58. The third kappa shape index (κ3) is 3.20. The fourth-order valence-electron chi connectivity index (χ4n) is 3.43. The summed E-state index contributed by atoms with van der Waals surface area (Å²) in [5.74, 6) is 1.11. The van der Waals surface area contributed by atoms with Crippen LogP contribution in [-0.4, -0.2) is 36.2 Å². The van der Waals surface area contributed by atoms with Gasteiger partial charge in [-0.25, -0.2) is 0 Å². The minimum Gasteiger partial charge on any atom is -0.497 e. The van der Waals surface area contributed by atoms with Gasteiger partial charge in [0.05, 0.1) is 18.5 Å². The standard InChI is InChI=1S/C19H20N4O3/c1-25-14-4-5-16-15(11-14)17(6-8-20-16)23-9-2-3-13(12-23)19(24)21-18-7-10-26-22-18/h4-8,10-11,13H,2-3,9,12H2,1H3,(H,21,22,24). The largest absolute Gasteiger partial charge is 0.497 e. The topological polar surface area (TPSA) is 80.5 Å². The summed E-state index contributed by atoms with van der Waals surface area (Å²) in [4.78, 5) is 19.2. The molecule has 134 valence electrons. The molecule has 3 aromatic rings. The molecule has 1 unspecified atom stereocenters. The molecular formula is C19H20N4O3. The lowest BCUT2D eigenvalue weighted by Crippen LogP contribution is -2.40. The predicted molar refractivity (Wildman–Crippen MR) is 98.4 cm³/mol. The predicted octanol–water partition coefficient (Wildman–Crippen LogP) is 3.09. The average Bonchev–Trinajstić information content (AvgIpc) is 3.20. The Morgan fingerprint density at radius 3 is 3.08 bits per heavy atom. The van der Waals surface area contributed by atoms with Gasteiger partial charge in [0.15, 0.2) is 5.82 Å². The lowest BCUT2D eigenvalue weighted by Gasteiger charge is -2.34. The fourth-order valence-corrected chi connectivity index (χ4v) is 3.43. The number of rotatable bonds is 4. The number of fused-ring (bicyclic) bond motifs is 1. The lowest BCUT2D eigenvalue weighted by molar-refractivity contribution is -0.120. The molecule has 4 rings (SSSR count). The highest BCUT2D eigenvalue weighted by Crippen LogP contribution is 2.31. The van der Waals surface area contributed by atoms with Gasteiger partial charge in [-0.3, -0.25) is 9.78 Å². The van der Waals surface area contributed by atoms with Crippen LogP contribution in [0.1, 0.15) is 12.8 Å². The van der Waals surface area contributed by atoms with Gasteiger partial charge in [-0.05, 0) is 37.1 Å². The molecule has 0 aliphatic carbocycles. The van der Waals surface area contributed by atoms with Crippen molar-refractivity contribution in [2.24, 2.45) is 5.92 Å². The maximum absolute atomic E-state index is 12.6. The molecule has 2 aromatic heterocycles. The Morgan fingerprint density at radius 2 is 2.27 bits per heavy atom. The second kappa shape index (κ2) is 7.03. The number of nitrogens with zero attached hydrogens (tertiary/aromatic N) is 3. The van der Waals surface area contributed by atoms with Crippen molar-refractivity contribution in [2.75, 3.05) is 30.4 Å². The van der Waals surface area contributed by atoms with Crippen LogP contribution >= 0.6 is 0 Å². The highest BCUT2D eigenvalue weighted by Gasteiger charge is 2.27. The molecule has 1 aliphatic heterocycles. The van der Waals surface area contributed by atoms with Crippen molar-refractivity contribution in [3.8, 4) is 5.75 Å². The van der Waals surface area contributed by atoms with Crippen LogP contribution < -0.4 is 15.0 Å². The number of nitrogens with one attached hydrogen (secondary N) is 1. The van der Waals surface area contributed by atoms with Gasteiger partial charge in [0, 0.05) is 36.4 Å². The van der Waals surface area contributed by atoms with Gasteiger partial charge < -0.3 is 19.5 Å². The highest BCUT2D eigenvalue weighted by molar-refractivity contribution is 5.94. The van der Waals surface area contributed by atoms with Crippen molar-refractivity contribution in [1.82, 2.24) is 10.1 Å². The van der Waals surface area contributed by atoms with Crippen LogP contribution in [0, 0.1) is 5.92 Å². The summed E-state index contributed by atoms with van der Waals surface area (Å²) < 4.78 is 10.1. The summed E-state index contributed by atoms with van der Waals surface area (Å²) in [6.07, 6.45) is 5.06. The molecular weight excluding hydrogens is 332 g/mol. The molecule has 0 bridgehead atoms. The Bertz CT molecular complexity index is 910. The van der Waals surface area contributed by atoms with Crippen molar-refractivity contribution in [1.29, 1.82) is 0 Å². The van der Waals surface area contributed by atoms with Crippen molar-refractivity contribution < 1.29 is 14.1 Å². The number of anilines is 2. The molecule has 1 aromatic carbocycles. The summed E-state index contributed by atoms with van der Waals surface area (Å²) >= 11 is 0. The highest BCUT2D eigenvalue weighted by atomic mass is 16.5. The Labute approximate surface area is 150 Å². The van der Waals surface area contributed by atoms with Crippen LogP contribution in [0.2, 0.25) is 0 Å². The number of carbonyl (C=O) groups is 1. The number of methoxy groups -OCH3 is 1. The minimum absolute atomic E-state index is 0.0282. The third-order valence-corrected chi connectivity index (χ3v) is 4.75. The van der Waals surface area contributed by atoms with E-state index in [2.05, 4.69) is 20.4 Å². The van der Waals surface area contributed by atoms with E-state index in [1.807, 2.05) is 30.5 Å². The second-order valence-corrected chi connectivity index (χ2v) is 6.37. The number of amides is 1. The molecule has 3 heterocycles. The van der Waals surface area contributed by atoms with Gasteiger partial charge in [-0.15, -0.1) is 0 Å². The number of pyridine rings is 1. The summed E-state index contributed by atoms with van der Waals surface area (Å²) in [5, 5.41) is 7.59. The van der Waals surface area contributed by atoms with Crippen molar-refractivity contribution in [3.63, 3.8) is 0 Å². The molecule has 0 spiro atoms. The Kier molecular flexibility index (Phi) is 4.43. The molecule has 1 aliphatic rings. The zero-order valence-corrected chi connectivity index (χ0v) is 14.5. The Hall–Kier alpha value is -3.09. The molecule has 0 saturated carbocycles. The van der Waals surface area contributed by atoms with Gasteiger partial charge in [0.2, 0.25) is 5.91 Å². The van der Waals surface area contributed by atoms with Crippen LogP contribution in [0.5, 0.6) is 5.75 Å². The number of carbonyl (C=O) groups excluding carboxylic acids is 1. The molecule has 1 N–H and O–H groups in total. The van der Waals surface area contributed by atoms with Crippen molar-refractivity contribution in [2.45, 2.75) is 12.8 Å². The molecule has 7 heteroatoms. The van der Waals surface area contributed by atoms with E-state index >= 15 is 0 Å². The first-order chi connectivity index (χ1) is 12.7. The number of ether oxygens (including phenoxy) is 1. The molecule has 0 radical (unpaired) electrons. The number of benzene rings is 1. The van der Waals surface area contributed by atoms with Crippen LogP contribution in [-0.2, 0) is 4.79 Å². The number of piperidine rings is 1. The van der Waals surface area contributed by atoms with Gasteiger partial charge in [-0.1, -0.05) is 5.16 Å².